The van der Waals surface area contributed by atoms with Gasteiger partial charge in [-0.05, 0) is 87.2 Å². The van der Waals surface area contributed by atoms with Gasteiger partial charge in [0.25, 0.3) is 0 Å². The fourth-order valence-corrected chi connectivity index (χ4v) is 3.39. The van der Waals surface area contributed by atoms with E-state index in [1.54, 1.807) is 43.3 Å². The molecule has 208 valence electrons. The second-order valence-electron chi connectivity index (χ2n) is 8.82. The summed E-state index contributed by atoms with van der Waals surface area (Å²) >= 11 is 0. The van der Waals surface area contributed by atoms with Gasteiger partial charge in [0, 0.05) is 22.9 Å². The highest BCUT2D eigenvalue weighted by atomic mass is 16.5. The molecule has 2 aromatic rings. The molecule has 40 heavy (non-hydrogen) atoms. The van der Waals surface area contributed by atoms with Crippen LogP contribution in [-0.2, 0) is 19.1 Å². The highest BCUT2D eigenvalue weighted by molar-refractivity contribution is 5.94. The second kappa shape index (κ2) is 14.9. The number of rotatable bonds is 13. The summed E-state index contributed by atoms with van der Waals surface area (Å²) in [6, 6.07) is 12.7. The maximum absolute atomic E-state index is 12.5. The number of carbonyl (C=O) groups is 4. The first-order valence-corrected chi connectivity index (χ1v) is 12.7. The minimum absolute atomic E-state index is 0.258. The summed E-state index contributed by atoms with van der Waals surface area (Å²) in [5.74, 6) is -0.555. The first kappa shape index (κ1) is 29.6. The fourth-order valence-electron chi connectivity index (χ4n) is 3.39. The van der Waals surface area contributed by atoms with Crippen molar-refractivity contribution in [1.82, 2.24) is 5.32 Å². The predicted octanol–water partition coefficient (Wildman–Crippen LogP) is 5.00. The SMILES string of the molecule is C=CC(=O)OCCCCOc1ccc(C(=O)Oc2ccc(OC(=O)C3=CC=C(NC(=O)C(=C)C)CC3)cc2)cc1. The van der Waals surface area contributed by atoms with Gasteiger partial charge in [-0.25, -0.2) is 14.4 Å². The molecule has 1 amide bonds. The van der Waals surface area contributed by atoms with Crippen molar-refractivity contribution in [3.05, 3.63) is 102 Å². The maximum Gasteiger partial charge on any atom is 0.343 e. The lowest BCUT2D eigenvalue weighted by Crippen LogP contribution is -2.24. The van der Waals surface area contributed by atoms with Crippen molar-refractivity contribution in [2.75, 3.05) is 13.2 Å². The molecule has 0 saturated heterocycles. The number of ether oxygens (including phenoxy) is 4. The standard InChI is InChI=1S/C31H31NO8/c1-4-28(33)38-20-6-5-19-37-25-13-9-23(10-14-25)31(36)40-27-17-15-26(16-18-27)39-30(35)22-7-11-24(12-8-22)32-29(34)21(2)3/h4,7,9-11,13-18H,1-2,5-6,8,12,19-20H2,3H3,(H,32,34). The highest BCUT2D eigenvalue weighted by Crippen LogP contribution is 2.23. The zero-order chi connectivity index (χ0) is 28.9. The van der Waals surface area contributed by atoms with Crippen molar-refractivity contribution in [3.63, 3.8) is 0 Å². The Kier molecular flexibility index (Phi) is 11.0. The van der Waals surface area contributed by atoms with E-state index in [1.165, 1.54) is 24.3 Å². The zero-order valence-corrected chi connectivity index (χ0v) is 22.3. The molecular weight excluding hydrogens is 514 g/mol. The molecule has 0 bridgehead atoms. The van der Waals surface area contributed by atoms with Crippen LogP contribution < -0.4 is 19.5 Å². The Morgan fingerprint density at radius 2 is 1.43 bits per heavy atom. The first-order valence-electron chi connectivity index (χ1n) is 12.7. The lowest BCUT2D eigenvalue weighted by atomic mass is 10.0. The predicted molar refractivity (Wildman–Crippen MR) is 148 cm³/mol. The van der Waals surface area contributed by atoms with Crippen molar-refractivity contribution in [1.29, 1.82) is 0 Å². The van der Waals surface area contributed by atoms with Gasteiger partial charge in [-0.1, -0.05) is 19.2 Å². The van der Waals surface area contributed by atoms with E-state index in [0.29, 0.717) is 78.6 Å². The number of hydrogen-bond donors (Lipinski definition) is 1. The summed E-state index contributed by atoms with van der Waals surface area (Å²) in [4.78, 5) is 47.7. The Morgan fingerprint density at radius 3 is 2.00 bits per heavy atom. The van der Waals surface area contributed by atoms with Gasteiger partial charge in [0.05, 0.1) is 18.8 Å². The van der Waals surface area contributed by atoms with Crippen LogP contribution in [0, 0.1) is 0 Å². The van der Waals surface area contributed by atoms with Crippen LogP contribution in [0.2, 0.25) is 0 Å². The van der Waals surface area contributed by atoms with Crippen molar-refractivity contribution in [2.45, 2.75) is 32.6 Å². The van der Waals surface area contributed by atoms with E-state index in [2.05, 4.69) is 18.5 Å². The summed E-state index contributed by atoms with van der Waals surface area (Å²) in [5.41, 5.74) is 1.93. The van der Waals surface area contributed by atoms with Crippen LogP contribution >= 0.6 is 0 Å². The summed E-state index contributed by atoms with van der Waals surface area (Å²) < 4.78 is 21.3. The quantitative estimate of drug-likeness (QED) is 0.162. The number of benzene rings is 2. The van der Waals surface area contributed by atoms with Gasteiger partial charge in [-0.2, -0.15) is 0 Å². The normalized spacial score (nSPS) is 12.2. The number of allylic oxidation sites excluding steroid dienone is 3. The number of carbonyl (C=O) groups excluding carboxylic acids is 4. The third-order valence-corrected chi connectivity index (χ3v) is 5.63. The van der Waals surface area contributed by atoms with Crippen molar-refractivity contribution >= 4 is 23.8 Å². The fraction of sp³-hybridized carbons (Fsp3) is 0.226. The van der Waals surface area contributed by atoms with Crippen LogP contribution in [0.25, 0.3) is 0 Å². The van der Waals surface area contributed by atoms with Crippen LogP contribution in [0.15, 0.2) is 96.8 Å². The largest absolute Gasteiger partial charge is 0.494 e. The summed E-state index contributed by atoms with van der Waals surface area (Å²) in [5, 5.41) is 2.75. The van der Waals surface area contributed by atoms with Gasteiger partial charge >= 0.3 is 17.9 Å². The topological polar surface area (TPSA) is 117 Å². The van der Waals surface area contributed by atoms with E-state index in [0.717, 1.165) is 6.08 Å². The number of esters is 3. The molecule has 0 unspecified atom stereocenters. The Balaban J connectivity index is 1.43. The summed E-state index contributed by atoms with van der Waals surface area (Å²) in [6.45, 7) is 9.30. The number of nitrogens with one attached hydrogen (secondary N) is 1. The molecule has 1 aliphatic carbocycles. The molecule has 0 aliphatic heterocycles. The van der Waals surface area contributed by atoms with Crippen LogP contribution in [0.3, 0.4) is 0 Å². The van der Waals surface area contributed by atoms with E-state index in [4.69, 9.17) is 18.9 Å². The smallest absolute Gasteiger partial charge is 0.343 e. The average Bonchev–Trinajstić information content (AvgIpc) is 2.96. The number of unbranched alkanes of at least 4 members (excludes halogenated alkanes) is 1. The Bertz CT molecular complexity index is 1320. The molecule has 0 heterocycles. The highest BCUT2D eigenvalue weighted by Gasteiger charge is 2.17. The van der Waals surface area contributed by atoms with Gasteiger partial charge in [0.2, 0.25) is 5.91 Å². The van der Waals surface area contributed by atoms with Gasteiger partial charge in [-0.3, -0.25) is 4.79 Å². The molecule has 0 saturated carbocycles. The molecule has 1 N–H and O–H groups in total. The molecule has 2 aromatic carbocycles. The Morgan fingerprint density at radius 1 is 0.825 bits per heavy atom. The molecule has 0 radical (unpaired) electrons. The minimum atomic E-state index is -0.547. The third-order valence-electron chi connectivity index (χ3n) is 5.63. The first-order chi connectivity index (χ1) is 19.2. The minimum Gasteiger partial charge on any atom is -0.494 e. The van der Waals surface area contributed by atoms with Gasteiger partial charge < -0.3 is 24.3 Å². The molecule has 0 atom stereocenters. The van der Waals surface area contributed by atoms with E-state index in [-0.39, 0.29) is 5.91 Å². The third kappa shape index (κ3) is 9.43. The van der Waals surface area contributed by atoms with Crippen LogP contribution in [-0.4, -0.2) is 37.0 Å². The Hall–Kier alpha value is -4.92. The molecule has 9 nitrogen and oxygen atoms in total. The monoisotopic (exact) mass is 545 g/mol. The van der Waals surface area contributed by atoms with Crippen LogP contribution in [0.4, 0.5) is 0 Å². The summed E-state index contributed by atoms with van der Waals surface area (Å²) in [6.07, 6.45) is 6.70. The lowest BCUT2D eigenvalue weighted by molar-refractivity contribution is -0.138. The van der Waals surface area contributed by atoms with E-state index in [9.17, 15) is 19.2 Å². The summed E-state index contributed by atoms with van der Waals surface area (Å²) in [7, 11) is 0. The van der Waals surface area contributed by atoms with Crippen molar-refractivity contribution < 1.29 is 38.1 Å². The van der Waals surface area contributed by atoms with Crippen molar-refractivity contribution in [2.24, 2.45) is 0 Å². The van der Waals surface area contributed by atoms with E-state index >= 15 is 0 Å². The average molecular weight is 546 g/mol. The molecule has 3 rings (SSSR count). The molecule has 1 aliphatic rings. The van der Waals surface area contributed by atoms with Crippen LogP contribution in [0.5, 0.6) is 17.2 Å². The molecule has 0 spiro atoms. The lowest BCUT2D eigenvalue weighted by Gasteiger charge is -2.15. The Labute approximate surface area is 232 Å². The van der Waals surface area contributed by atoms with Crippen LogP contribution in [0.1, 0.15) is 43.0 Å². The molecular formula is C31H31NO8. The molecule has 9 heteroatoms. The molecule has 0 aromatic heterocycles. The zero-order valence-electron chi connectivity index (χ0n) is 22.3. The maximum atomic E-state index is 12.5. The van der Waals surface area contributed by atoms with Gasteiger partial charge in [0.15, 0.2) is 0 Å². The van der Waals surface area contributed by atoms with Gasteiger partial charge in [0.1, 0.15) is 17.2 Å². The van der Waals surface area contributed by atoms with Crippen molar-refractivity contribution in [3.8, 4) is 17.2 Å². The molecule has 0 fully saturated rings. The van der Waals surface area contributed by atoms with Gasteiger partial charge in [-0.15, -0.1) is 0 Å². The van der Waals surface area contributed by atoms with E-state index < -0.39 is 17.9 Å². The number of hydrogen-bond acceptors (Lipinski definition) is 8. The second-order valence-corrected chi connectivity index (χ2v) is 8.82. The number of amides is 1. The van der Waals surface area contributed by atoms with E-state index in [1.807, 2.05) is 0 Å².